The fourth-order valence-corrected chi connectivity index (χ4v) is 1.43. The molecule has 0 fully saturated rings. The molecule has 4 heteroatoms. The Balaban J connectivity index is 0.000000845. The molecule has 0 saturated carbocycles. The van der Waals surface area contributed by atoms with E-state index in [9.17, 15) is 4.39 Å². The Kier molecular flexibility index (Phi) is 3.25. The van der Waals surface area contributed by atoms with Crippen LogP contribution in [0, 0.1) is 5.82 Å². The Bertz CT molecular complexity index is 306. The third kappa shape index (κ3) is 1.99. The molecule has 0 radical (unpaired) electrons. The standard InChI is InChI=1S/C9H10FNO.ClH/c10-7-2-1-6-4-12-5-9(11)8(6)3-7;/h1-3,9H,4-5,11H2;1H. The first-order chi connectivity index (χ1) is 5.77. The Labute approximate surface area is 82.3 Å². The Morgan fingerprint density at radius 1 is 1.46 bits per heavy atom. The van der Waals surface area contributed by atoms with Crippen LogP contribution in [-0.4, -0.2) is 6.61 Å². The molecule has 1 atom stereocenters. The van der Waals surface area contributed by atoms with Crippen LogP contribution in [0.3, 0.4) is 0 Å². The first-order valence-corrected chi connectivity index (χ1v) is 3.89. The highest BCUT2D eigenvalue weighted by molar-refractivity contribution is 5.85. The summed E-state index contributed by atoms with van der Waals surface area (Å²) in [6, 6.07) is 4.47. The highest BCUT2D eigenvalue weighted by atomic mass is 35.5. The molecule has 2 N–H and O–H groups in total. The fraction of sp³-hybridized carbons (Fsp3) is 0.333. The molecule has 2 nitrogen and oxygen atoms in total. The maximum atomic E-state index is 12.8. The first-order valence-electron chi connectivity index (χ1n) is 3.89. The predicted molar refractivity (Wildman–Crippen MR) is 50.2 cm³/mol. The zero-order valence-corrected chi connectivity index (χ0v) is 7.81. The van der Waals surface area contributed by atoms with Crippen molar-refractivity contribution in [2.75, 3.05) is 6.61 Å². The van der Waals surface area contributed by atoms with Crippen LogP contribution in [0.2, 0.25) is 0 Å². The van der Waals surface area contributed by atoms with E-state index in [2.05, 4.69) is 0 Å². The molecular weight excluding hydrogens is 193 g/mol. The van der Waals surface area contributed by atoms with Gasteiger partial charge in [-0.15, -0.1) is 12.4 Å². The van der Waals surface area contributed by atoms with Gasteiger partial charge < -0.3 is 10.5 Å². The van der Waals surface area contributed by atoms with Gasteiger partial charge in [0.25, 0.3) is 0 Å². The van der Waals surface area contributed by atoms with E-state index < -0.39 is 0 Å². The zero-order chi connectivity index (χ0) is 8.55. The molecule has 1 unspecified atom stereocenters. The van der Waals surface area contributed by atoms with Crippen molar-refractivity contribution < 1.29 is 9.13 Å². The number of fused-ring (bicyclic) bond motifs is 1. The topological polar surface area (TPSA) is 35.2 Å². The number of ether oxygens (including phenoxy) is 1. The Morgan fingerprint density at radius 3 is 3.00 bits per heavy atom. The third-order valence-electron chi connectivity index (χ3n) is 2.06. The number of hydrogen-bond donors (Lipinski definition) is 1. The fourth-order valence-electron chi connectivity index (χ4n) is 1.43. The molecule has 2 rings (SSSR count). The molecule has 1 aliphatic rings. The lowest BCUT2D eigenvalue weighted by atomic mass is 10.00. The van der Waals surface area contributed by atoms with Gasteiger partial charge in [0.1, 0.15) is 5.82 Å². The van der Waals surface area contributed by atoms with Gasteiger partial charge in [-0.25, -0.2) is 4.39 Å². The van der Waals surface area contributed by atoms with E-state index in [-0.39, 0.29) is 24.3 Å². The van der Waals surface area contributed by atoms with E-state index in [1.807, 2.05) is 0 Å². The minimum atomic E-state index is -0.230. The Morgan fingerprint density at radius 2 is 2.23 bits per heavy atom. The van der Waals surface area contributed by atoms with Crippen LogP contribution in [0.25, 0.3) is 0 Å². The second-order valence-electron chi connectivity index (χ2n) is 2.96. The lowest BCUT2D eigenvalue weighted by Gasteiger charge is -2.22. The van der Waals surface area contributed by atoms with E-state index in [1.54, 1.807) is 6.07 Å². The van der Waals surface area contributed by atoms with Gasteiger partial charge in [-0.05, 0) is 23.3 Å². The maximum Gasteiger partial charge on any atom is 0.123 e. The van der Waals surface area contributed by atoms with Gasteiger partial charge in [0.15, 0.2) is 0 Å². The number of rotatable bonds is 0. The summed E-state index contributed by atoms with van der Waals surface area (Å²) in [7, 11) is 0. The van der Waals surface area contributed by atoms with Crippen LogP contribution in [0.5, 0.6) is 0 Å². The number of halogens is 2. The summed E-state index contributed by atoms with van der Waals surface area (Å²) < 4.78 is 18.0. The van der Waals surface area contributed by atoms with E-state index in [1.165, 1.54) is 12.1 Å². The van der Waals surface area contributed by atoms with E-state index in [4.69, 9.17) is 10.5 Å². The molecule has 0 bridgehead atoms. The minimum Gasteiger partial charge on any atom is -0.375 e. The normalized spacial score (nSPS) is 20.3. The summed E-state index contributed by atoms with van der Waals surface area (Å²) in [6.45, 7) is 1.03. The van der Waals surface area contributed by atoms with Crippen LogP contribution in [0.15, 0.2) is 18.2 Å². The van der Waals surface area contributed by atoms with E-state index in [0.717, 1.165) is 11.1 Å². The second kappa shape index (κ2) is 4.05. The predicted octanol–water partition coefficient (Wildman–Crippen LogP) is 1.78. The molecule has 1 aromatic carbocycles. The van der Waals surface area contributed by atoms with Crippen molar-refractivity contribution in [1.82, 2.24) is 0 Å². The van der Waals surface area contributed by atoms with Crippen molar-refractivity contribution in [1.29, 1.82) is 0 Å². The number of benzene rings is 1. The van der Waals surface area contributed by atoms with Crippen LogP contribution < -0.4 is 5.73 Å². The molecule has 1 aliphatic heterocycles. The zero-order valence-electron chi connectivity index (χ0n) is 7.00. The molecule has 72 valence electrons. The van der Waals surface area contributed by atoms with Crippen molar-refractivity contribution >= 4 is 12.4 Å². The summed E-state index contributed by atoms with van der Waals surface area (Å²) in [6.07, 6.45) is 0. The molecule has 0 amide bonds. The monoisotopic (exact) mass is 203 g/mol. The number of nitrogens with two attached hydrogens (primary N) is 1. The second-order valence-corrected chi connectivity index (χ2v) is 2.96. The van der Waals surface area contributed by atoms with Gasteiger partial charge in [0.2, 0.25) is 0 Å². The lowest BCUT2D eigenvalue weighted by Crippen LogP contribution is -2.23. The van der Waals surface area contributed by atoms with Gasteiger partial charge in [-0.1, -0.05) is 6.07 Å². The average Bonchev–Trinajstić information content (AvgIpc) is 2.07. The van der Waals surface area contributed by atoms with Gasteiger partial charge in [-0.2, -0.15) is 0 Å². The van der Waals surface area contributed by atoms with Gasteiger partial charge in [-0.3, -0.25) is 0 Å². The molecule has 13 heavy (non-hydrogen) atoms. The van der Waals surface area contributed by atoms with Crippen molar-refractivity contribution in [3.05, 3.63) is 35.1 Å². The molecule has 0 aliphatic carbocycles. The van der Waals surface area contributed by atoms with Crippen molar-refractivity contribution in [2.45, 2.75) is 12.6 Å². The van der Waals surface area contributed by atoms with Crippen LogP contribution in [-0.2, 0) is 11.3 Å². The summed E-state index contributed by atoms with van der Waals surface area (Å²) in [5, 5.41) is 0. The van der Waals surface area contributed by atoms with E-state index in [0.29, 0.717) is 13.2 Å². The molecular formula is C9H11ClFNO. The number of hydrogen-bond acceptors (Lipinski definition) is 2. The maximum absolute atomic E-state index is 12.8. The highest BCUT2D eigenvalue weighted by Gasteiger charge is 2.17. The highest BCUT2D eigenvalue weighted by Crippen LogP contribution is 2.23. The largest absolute Gasteiger partial charge is 0.375 e. The van der Waals surface area contributed by atoms with Crippen LogP contribution in [0.4, 0.5) is 4.39 Å². The van der Waals surface area contributed by atoms with Crippen molar-refractivity contribution in [2.24, 2.45) is 5.73 Å². The van der Waals surface area contributed by atoms with Crippen molar-refractivity contribution in [3.63, 3.8) is 0 Å². The quantitative estimate of drug-likeness (QED) is 0.698. The third-order valence-corrected chi connectivity index (χ3v) is 2.06. The van der Waals surface area contributed by atoms with Crippen LogP contribution in [0.1, 0.15) is 17.2 Å². The van der Waals surface area contributed by atoms with E-state index >= 15 is 0 Å². The minimum absolute atomic E-state index is 0. The molecule has 0 spiro atoms. The summed E-state index contributed by atoms with van der Waals surface area (Å²) in [4.78, 5) is 0. The van der Waals surface area contributed by atoms with Gasteiger partial charge in [0, 0.05) is 0 Å². The first kappa shape index (κ1) is 10.4. The molecule has 1 aromatic rings. The lowest BCUT2D eigenvalue weighted by molar-refractivity contribution is 0.0922. The average molecular weight is 204 g/mol. The van der Waals surface area contributed by atoms with Gasteiger partial charge in [0.05, 0.1) is 19.3 Å². The smallest absolute Gasteiger partial charge is 0.123 e. The Hall–Kier alpha value is -0.640. The molecule has 0 saturated heterocycles. The summed E-state index contributed by atoms with van der Waals surface area (Å²) in [5.41, 5.74) is 7.60. The summed E-state index contributed by atoms with van der Waals surface area (Å²) in [5.74, 6) is -0.230. The molecule has 0 aromatic heterocycles. The molecule has 1 heterocycles. The summed E-state index contributed by atoms with van der Waals surface area (Å²) >= 11 is 0. The SMILES string of the molecule is Cl.NC1COCc2ccc(F)cc21. The van der Waals surface area contributed by atoms with Crippen LogP contribution >= 0.6 is 12.4 Å². The van der Waals surface area contributed by atoms with Gasteiger partial charge >= 0.3 is 0 Å². The van der Waals surface area contributed by atoms with Crippen molar-refractivity contribution in [3.8, 4) is 0 Å².